The lowest BCUT2D eigenvalue weighted by Gasteiger charge is -1.80. The van der Waals surface area contributed by atoms with Crippen LogP contribution in [0.5, 0.6) is 0 Å². The zero-order chi connectivity index (χ0) is 12.0. The van der Waals surface area contributed by atoms with Gasteiger partial charge in [-0.25, -0.2) is 14.6 Å². The Morgan fingerprint density at radius 3 is 2.31 bits per heavy atom. The number of carboxylic acid groups (broad SMARTS) is 2. The van der Waals surface area contributed by atoms with Crippen molar-refractivity contribution in [1.29, 1.82) is 0 Å². The van der Waals surface area contributed by atoms with Crippen molar-refractivity contribution < 1.29 is 19.8 Å². The summed E-state index contributed by atoms with van der Waals surface area (Å²) in [6.07, 6.45) is 3.04. The number of aromatic nitrogens is 2. The molecule has 16 heavy (non-hydrogen) atoms. The summed E-state index contributed by atoms with van der Waals surface area (Å²) in [5.41, 5.74) is 0.227. The molecular weight excluding hydrogens is 232 g/mol. The smallest absolute Gasteiger partial charge is 0.364 e. The lowest BCUT2D eigenvalue weighted by molar-refractivity contribution is 0.0683. The molecule has 0 aliphatic heterocycles. The molecule has 0 unspecified atom stereocenters. The van der Waals surface area contributed by atoms with Crippen LogP contribution in [0.4, 0.5) is 0 Å². The molecule has 0 spiro atoms. The van der Waals surface area contributed by atoms with Gasteiger partial charge >= 0.3 is 11.9 Å². The van der Waals surface area contributed by atoms with Gasteiger partial charge < -0.3 is 15.2 Å². The predicted octanol–water partition coefficient (Wildman–Crippen LogP) is 1.55. The number of rotatable bonds is 2. The van der Waals surface area contributed by atoms with E-state index < -0.39 is 11.9 Å². The molecule has 0 atom stereocenters. The third-order valence-electron chi connectivity index (χ3n) is 1.44. The van der Waals surface area contributed by atoms with Gasteiger partial charge in [0.2, 0.25) is 5.01 Å². The first-order chi connectivity index (χ1) is 7.61. The molecule has 0 fully saturated rings. The van der Waals surface area contributed by atoms with Gasteiger partial charge in [-0.05, 0) is 12.1 Å². The summed E-state index contributed by atoms with van der Waals surface area (Å²) in [7, 11) is 0. The maximum absolute atomic E-state index is 10.0. The molecule has 2 heterocycles. The summed E-state index contributed by atoms with van der Waals surface area (Å²) in [6.45, 7) is 0. The first-order valence-corrected chi connectivity index (χ1v) is 4.98. The number of aromatic carboxylic acids is 2. The number of aromatic amines is 1. The molecule has 0 saturated carbocycles. The van der Waals surface area contributed by atoms with Crippen LogP contribution in [0.25, 0.3) is 0 Å². The van der Waals surface area contributed by atoms with Crippen LogP contribution in [0.15, 0.2) is 29.9 Å². The third-order valence-corrected chi connectivity index (χ3v) is 2.20. The number of nitrogens with zero attached hydrogens (tertiary/aromatic N) is 1. The van der Waals surface area contributed by atoms with E-state index in [1.54, 1.807) is 17.6 Å². The van der Waals surface area contributed by atoms with Crippen LogP contribution < -0.4 is 0 Å². The zero-order valence-corrected chi connectivity index (χ0v) is 8.77. The van der Waals surface area contributed by atoms with E-state index in [0.29, 0.717) is 0 Å². The standard InChI is InChI=1S/C5H5NO2.C4H3NO2S/c7-5(8)4-2-1-3-6-4;6-4(7)3-5-1-2-8-3/h1-3,6H,(H,7,8);1-2H,(H,6,7). The van der Waals surface area contributed by atoms with Gasteiger partial charge in [0.15, 0.2) is 0 Å². The van der Waals surface area contributed by atoms with E-state index in [0.717, 1.165) is 11.3 Å². The highest BCUT2D eigenvalue weighted by Crippen LogP contribution is 2.01. The molecular formula is C9H8N2O4S. The summed E-state index contributed by atoms with van der Waals surface area (Å²) in [5.74, 6) is -1.88. The first kappa shape index (κ1) is 11.9. The molecule has 84 valence electrons. The first-order valence-electron chi connectivity index (χ1n) is 4.10. The molecule has 0 radical (unpaired) electrons. The Labute approximate surface area is 94.2 Å². The Morgan fingerprint density at radius 1 is 1.31 bits per heavy atom. The Hall–Kier alpha value is -2.15. The molecule has 0 aliphatic carbocycles. The highest BCUT2D eigenvalue weighted by molar-refractivity contribution is 7.11. The minimum Gasteiger partial charge on any atom is -0.477 e. The number of hydrogen-bond donors (Lipinski definition) is 3. The van der Waals surface area contributed by atoms with E-state index >= 15 is 0 Å². The molecule has 0 aliphatic rings. The van der Waals surface area contributed by atoms with Crippen LogP contribution in [0, 0.1) is 0 Å². The molecule has 0 amide bonds. The molecule has 0 aromatic carbocycles. The quantitative estimate of drug-likeness (QED) is 0.739. The van der Waals surface area contributed by atoms with Gasteiger partial charge in [-0.3, -0.25) is 0 Å². The Balaban J connectivity index is 0.000000160. The van der Waals surface area contributed by atoms with Crippen molar-refractivity contribution in [3.05, 3.63) is 40.6 Å². The number of carboxylic acids is 2. The summed E-state index contributed by atoms with van der Waals surface area (Å²) in [4.78, 5) is 26.1. The SMILES string of the molecule is O=C(O)c1ccc[nH]1.O=C(O)c1nccs1. The van der Waals surface area contributed by atoms with E-state index in [1.807, 2.05) is 0 Å². The molecule has 2 aromatic rings. The van der Waals surface area contributed by atoms with Crippen molar-refractivity contribution in [2.75, 3.05) is 0 Å². The lowest BCUT2D eigenvalue weighted by atomic mass is 10.4. The molecule has 2 rings (SSSR count). The van der Waals surface area contributed by atoms with Gasteiger partial charge in [0.05, 0.1) is 0 Å². The van der Waals surface area contributed by atoms with Crippen molar-refractivity contribution in [2.45, 2.75) is 0 Å². The van der Waals surface area contributed by atoms with Crippen molar-refractivity contribution in [2.24, 2.45) is 0 Å². The summed E-state index contributed by atoms with van der Waals surface area (Å²) in [5, 5.41) is 18.2. The van der Waals surface area contributed by atoms with E-state index in [4.69, 9.17) is 10.2 Å². The van der Waals surface area contributed by atoms with Gasteiger partial charge in [0, 0.05) is 17.8 Å². The molecule has 6 nitrogen and oxygen atoms in total. The molecule has 2 aromatic heterocycles. The van der Waals surface area contributed by atoms with E-state index in [9.17, 15) is 9.59 Å². The van der Waals surface area contributed by atoms with Crippen LogP contribution in [-0.2, 0) is 0 Å². The van der Waals surface area contributed by atoms with Crippen molar-refractivity contribution in [3.8, 4) is 0 Å². The second-order valence-electron chi connectivity index (χ2n) is 2.53. The van der Waals surface area contributed by atoms with Crippen LogP contribution in [-0.4, -0.2) is 32.1 Å². The average Bonchev–Trinajstić information content (AvgIpc) is 2.93. The van der Waals surface area contributed by atoms with Crippen molar-refractivity contribution in [1.82, 2.24) is 9.97 Å². The minimum atomic E-state index is -0.958. The second-order valence-corrected chi connectivity index (χ2v) is 3.43. The fourth-order valence-corrected chi connectivity index (χ4v) is 1.27. The van der Waals surface area contributed by atoms with Crippen LogP contribution >= 0.6 is 11.3 Å². The summed E-state index contributed by atoms with van der Waals surface area (Å²) >= 11 is 1.12. The largest absolute Gasteiger partial charge is 0.477 e. The molecule has 0 bridgehead atoms. The van der Waals surface area contributed by atoms with Gasteiger partial charge in [0.1, 0.15) is 5.69 Å². The summed E-state index contributed by atoms with van der Waals surface area (Å²) in [6, 6.07) is 3.14. The fraction of sp³-hybridized carbons (Fsp3) is 0. The van der Waals surface area contributed by atoms with Crippen LogP contribution in [0.2, 0.25) is 0 Å². The Morgan fingerprint density at radius 2 is 2.06 bits per heavy atom. The number of thiazole rings is 1. The number of nitrogens with one attached hydrogen (secondary N) is 1. The molecule has 3 N–H and O–H groups in total. The molecule has 0 saturated heterocycles. The number of hydrogen-bond acceptors (Lipinski definition) is 4. The maximum Gasteiger partial charge on any atom is 0.364 e. The summed E-state index contributed by atoms with van der Waals surface area (Å²) < 4.78 is 0. The minimum absolute atomic E-state index is 0.144. The normalized spacial score (nSPS) is 9.00. The Kier molecular flexibility index (Phi) is 4.22. The number of carbonyl (C=O) groups is 2. The maximum atomic E-state index is 10.0. The lowest BCUT2D eigenvalue weighted by Crippen LogP contribution is -1.94. The van der Waals surface area contributed by atoms with E-state index in [-0.39, 0.29) is 10.7 Å². The third kappa shape index (κ3) is 3.54. The molecule has 7 heteroatoms. The fourth-order valence-electron chi connectivity index (χ4n) is 0.792. The monoisotopic (exact) mass is 240 g/mol. The second kappa shape index (κ2) is 5.66. The van der Waals surface area contributed by atoms with Crippen LogP contribution in [0.1, 0.15) is 20.3 Å². The number of H-pyrrole nitrogens is 1. The van der Waals surface area contributed by atoms with E-state index in [2.05, 4.69) is 9.97 Å². The highest BCUT2D eigenvalue weighted by atomic mass is 32.1. The Bertz CT molecular complexity index is 406. The van der Waals surface area contributed by atoms with Gasteiger partial charge in [0.25, 0.3) is 0 Å². The van der Waals surface area contributed by atoms with Gasteiger partial charge in [-0.2, -0.15) is 0 Å². The average molecular weight is 240 g/mol. The van der Waals surface area contributed by atoms with Crippen molar-refractivity contribution in [3.63, 3.8) is 0 Å². The zero-order valence-electron chi connectivity index (χ0n) is 7.95. The predicted molar refractivity (Wildman–Crippen MR) is 56.8 cm³/mol. The topological polar surface area (TPSA) is 103 Å². The van der Waals surface area contributed by atoms with Crippen molar-refractivity contribution >= 4 is 23.3 Å². The van der Waals surface area contributed by atoms with Crippen LogP contribution in [0.3, 0.4) is 0 Å². The van der Waals surface area contributed by atoms with E-state index in [1.165, 1.54) is 12.3 Å². The highest BCUT2D eigenvalue weighted by Gasteiger charge is 2.01. The van der Waals surface area contributed by atoms with Gasteiger partial charge in [-0.15, -0.1) is 11.3 Å². The van der Waals surface area contributed by atoms with Gasteiger partial charge in [-0.1, -0.05) is 0 Å².